The summed E-state index contributed by atoms with van der Waals surface area (Å²) in [6, 6.07) is 8.06. The van der Waals surface area contributed by atoms with Crippen molar-refractivity contribution in [1.29, 1.82) is 0 Å². The predicted octanol–water partition coefficient (Wildman–Crippen LogP) is 1.90. The second-order valence-electron chi connectivity index (χ2n) is 3.72. The molecule has 3 nitrogen and oxygen atoms in total. The van der Waals surface area contributed by atoms with Gasteiger partial charge in [-0.15, -0.1) is 0 Å². The fraction of sp³-hybridized carbons (Fsp3) is 0.333. The molecule has 0 saturated heterocycles. The molecule has 1 aromatic heterocycles. The Morgan fingerprint density at radius 3 is 3.00 bits per heavy atom. The van der Waals surface area contributed by atoms with Gasteiger partial charge < -0.3 is 14.8 Å². The van der Waals surface area contributed by atoms with Crippen molar-refractivity contribution in [2.45, 2.75) is 19.5 Å². The average Bonchev–Trinajstić information content (AvgIpc) is 2.69. The van der Waals surface area contributed by atoms with Gasteiger partial charge in [0.1, 0.15) is 5.58 Å². The molecular formula is C12H15NO2. The third-order valence-corrected chi connectivity index (χ3v) is 2.48. The minimum absolute atomic E-state index is 0.110. The Morgan fingerprint density at radius 2 is 2.20 bits per heavy atom. The average molecular weight is 205 g/mol. The van der Waals surface area contributed by atoms with E-state index in [-0.39, 0.29) is 12.6 Å². The highest BCUT2D eigenvalue weighted by atomic mass is 16.3. The molecule has 0 bridgehead atoms. The lowest BCUT2D eigenvalue weighted by molar-refractivity contribution is 0.251. The van der Waals surface area contributed by atoms with Crippen LogP contribution in [0.4, 0.5) is 0 Å². The van der Waals surface area contributed by atoms with Gasteiger partial charge in [-0.25, -0.2) is 0 Å². The lowest BCUT2D eigenvalue weighted by Gasteiger charge is -2.08. The van der Waals surface area contributed by atoms with Crippen LogP contribution in [0.2, 0.25) is 0 Å². The van der Waals surface area contributed by atoms with E-state index in [9.17, 15) is 0 Å². The summed E-state index contributed by atoms with van der Waals surface area (Å²) >= 11 is 0. The van der Waals surface area contributed by atoms with E-state index in [1.807, 2.05) is 31.2 Å². The summed E-state index contributed by atoms with van der Waals surface area (Å²) in [6.45, 7) is 2.82. The molecule has 0 fully saturated rings. The molecule has 0 aliphatic heterocycles. The minimum Gasteiger partial charge on any atom is -0.464 e. The monoisotopic (exact) mass is 205 g/mol. The molecule has 2 aromatic rings. The Hall–Kier alpha value is -1.32. The summed E-state index contributed by atoms with van der Waals surface area (Å²) in [4.78, 5) is 0. The third kappa shape index (κ3) is 2.19. The summed E-state index contributed by atoms with van der Waals surface area (Å²) in [5.41, 5.74) is 2.04. The Balaban J connectivity index is 2.14. The Kier molecular flexibility index (Phi) is 3.04. The molecule has 1 atom stereocenters. The first-order valence-corrected chi connectivity index (χ1v) is 5.10. The first kappa shape index (κ1) is 10.2. The second kappa shape index (κ2) is 4.47. The molecule has 0 saturated carbocycles. The fourth-order valence-electron chi connectivity index (χ4n) is 1.52. The van der Waals surface area contributed by atoms with Crippen LogP contribution in [0.1, 0.15) is 12.5 Å². The minimum atomic E-state index is 0.110. The van der Waals surface area contributed by atoms with Gasteiger partial charge in [-0.2, -0.15) is 0 Å². The largest absolute Gasteiger partial charge is 0.464 e. The van der Waals surface area contributed by atoms with Crippen LogP contribution in [-0.4, -0.2) is 17.8 Å². The highest BCUT2D eigenvalue weighted by Gasteiger charge is 2.05. The SMILES string of the molecule is C[C@H](CO)NCc1coc2ccccc12. The topological polar surface area (TPSA) is 45.4 Å². The van der Waals surface area contributed by atoms with E-state index in [4.69, 9.17) is 9.52 Å². The number of hydrogen-bond acceptors (Lipinski definition) is 3. The van der Waals surface area contributed by atoms with Crippen molar-refractivity contribution >= 4 is 11.0 Å². The van der Waals surface area contributed by atoms with Crippen LogP contribution in [0.5, 0.6) is 0 Å². The normalized spacial score (nSPS) is 13.2. The van der Waals surface area contributed by atoms with Gasteiger partial charge in [-0.05, 0) is 13.0 Å². The van der Waals surface area contributed by atoms with Crippen molar-refractivity contribution in [2.24, 2.45) is 0 Å². The number of aliphatic hydroxyl groups excluding tert-OH is 1. The number of benzene rings is 1. The summed E-state index contributed by atoms with van der Waals surface area (Å²) in [5.74, 6) is 0. The molecule has 0 amide bonds. The van der Waals surface area contributed by atoms with Crippen molar-refractivity contribution in [2.75, 3.05) is 6.61 Å². The molecule has 2 rings (SSSR count). The van der Waals surface area contributed by atoms with Crippen LogP contribution < -0.4 is 5.32 Å². The van der Waals surface area contributed by atoms with Gasteiger partial charge in [-0.1, -0.05) is 18.2 Å². The maximum Gasteiger partial charge on any atom is 0.134 e. The molecule has 1 aromatic carbocycles. The zero-order valence-electron chi connectivity index (χ0n) is 8.73. The van der Waals surface area contributed by atoms with E-state index in [0.717, 1.165) is 23.1 Å². The fourth-order valence-corrected chi connectivity index (χ4v) is 1.52. The van der Waals surface area contributed by atoms with Crippen LogP contribution >= 0.6 is 0 Å². The Morgan fingerprint density at radius 1 is 1.40 bits per heavy atom. The molecule has 1 heterocycles. The van der Waals surface area contributed by atoms with Crippen molar-refractivity contribution in [3.05, 3.63) is 36.1 Å². The van der Waals surface area contributed by atoms with E-state index < -0.39 is 0 Å². The lowest BCUT2D eigenvalue weighted by atomic mass is 10.2. The molecule has 0 aliphatic rings. The zero-order valence-corrected chi connectivity index (χ0v) is 8.73. The quantitative estimate of drug-likeness (QED) is 0.801. The number of fused-ring (bicyclic) bond motifs is 1. The second-order valence-corrected chi connectivity index (χ2v) is 3.72. The van der Waals surface area contributed by atoms with Crippen molar-refractivity contribution < 1.29 is 9.52 Å². The van der Waals surface area contributed by atoms with Crippen molar-refractivity contribution in [3.8, 4) is 0 Å². The van der Waals surface area contributed by atoms with Gasteiger partial charge in [0.25, 0.3) is 0 Å². The van der Waals surface area contributed by atoms with Crippen LogP contribution in [0, 0.1) is 0 Å². The Bertz CT molecular complexity index is 436. The highest BCUT2D eigenvalue weighted by Crippen LogP contribution is 2.20. The number of rotatable bonds is 4. The summed E-state index contributed by atoms with van der Waals surface area (Å²) in [5, 5.41) is 13.2. The Labute approximate surface area is 88.7 Å². The molecule has 2 N–H and O–H groups in total. The van der Waals surface area contributed by atoms with E-state index in [2.05, 4.69) is 5.32 Å². The van der Waals surface area contributed by atoms with Crippen molar-refractivity contribution in [3.63, 3.8) is 0 Å². The molecule has 0 spiro atoms. The molecule has 3 heteroatoms. The van der Waals surface area contributed by atoms with Gasteiger partial charge in [0.15, 0.2) is 0 Å². The van der Waals surface area contributed by atoms with Gasteiger partial charge in [0.05, 0.1) is 12.9 Å². The van der Waals surface area contributed by atoms with Gasteiger partial charge >= 0.3 is 0 Å². The van der Waals surface area contributed by atoms with E-state index in [1.165, 1.54) is 0 Å². The van der Waals surface area contributed by atoms with Crippen LogP contribution in [0.15, 0.2) is 34.9 Å². The first-order chi connectivity index (χ1) is 7.31. The zero-order chi connectivity index (χ0) is 10.7. The maximum atomic E-state index is 8.89. The predicted molar refractivity (Wildman–Crippen MR) is 59.6 cm³/mol. The molecule has 0 aliphatic carbocycles. The first-order valence-electron chi connectivity index (χ1n) is 5.10. The lowest BCUT2D eigenvalue weighted by Crippen LogP contribution is -2.28. The molecule has 0 unspecified atom stereocenters. The number of aliphatic hydroxyl groups is 1. The number of hydrogen-bond donors (Lipinski definition) is 2. The van der Waals surface area contributed by atoms with Crippen LogP contribution in [0.3, 0.4) is 0 Å². The summed E-state index contributed by atoms with van der Waals surface area (Å²) < 4.78 is 5.41. The maximum absolute atomic E-state index is 8.89. The summed E-state index contributed by atoms with van der Waals surface area (Å²) in [6.07, 6.45) is 1.77. The highest BCUT2D eigenvalue weighted by molar-refractivity contribution is 5.80. The number of para-hydroxylation sites is 1. The van der Waals surface area contributed by atoms with Crippen LogP contribution in [-0.2, 0) is 6.54 Å². The van der Waals surface area contributed by atoms with Crippen molar-refractivity contribution in [1.82, 2.24) is 5.32 Å². The smallest absolute Gasteiger partial charge is 0.134 e. The third-order valence-electron chi connectivity index (χ3n) is 2.48. The molecule has 0 radical (unpaired) electrons. The number of nitrogens with one attached hydrogen (secondary N) is 1. The van der Waals surface area contributed by atoms with Gasteiger partial charge in [0, 0.05) is 23.5 Å². The van der Waals surface area contributed by atoms with Gasteiger partial charge in [0.2, 0.25) is 0 Å². The number of furan rings is 1. The molecule has 15 heavy (non-hydrogen) atoms. The van der Waals surface area contributed by atoms with Crippen LogP contribution in [0.25, 0.3) is 11.0 Å². The van der Waals surface area contributed by atoms with E-state index in [1.54, 1.807) is 6.26 Å². The molecule has 80 valence electrons. The van der Waals surface area contributed by atoms with E-state index >= 15 is 0 Å². The standard InChI is InChI=1S/C12H15NO2/c1-9(7-14)13-6-10-8-15-12-5-3-2-4-11(10)12/h2-5,8-9,13-14H,6-7H2,1H3/t9-/m1/s1. The van der Waals surface area contributed by atoms with E-state index in [0.29, 0.717) is 0 Å². The van der Waals surface area contributed by atoms with Gasteiger partial charge in [-0.3, -0.25) is 0 Å². The molecular weight excluding hydrogens is 190 g/mol. The summed E-state index contributed by atoms with van der Waals surface area (Å²) in [7, 11) is 0.